The molecule has 0 fully saturated rings. The van der Waals surface area contributed by atoms with Crippen molar-refractivity contribution in [3.63, 3.8) is 0 Å². The molecule has 4 heterocycles. The van der Waals surface area contributed by atoms with Crippen LogP contribution >= 0.6 is 45.8 Å². The Kier molecular flexibility index (Phi) is 4.98. The third-order valence-corrected chi connectivity index (χ3v) is 7.52. The fraction of sp³-hybridized carbons (Fsp3) is 0.250. The van der Waals surface area contributed by atoms with E-state index < -0.39 is 0 Å². The highest BCUT2D eigenvalue weighted by atomic mass is 32.2. The Morgan fingerprint density at radius 3 is 2.80 bits per heavy atom. The van der Waals surface area contributed by atoms with Crippen LogP contribution in [0, 0.1) is 6.92 Å². The molecule has 0 bridgehead atoms. The molecule has 1 atom stereocenters. The first-order chi connectivity index (χ1) is 12.2. The van der Waals surface area contributed by atoms with Crippen molar-refractivity contribution in [2.75, 3.05) is 5.75 Å². The topological polar surface area (TPSA) is 58.5 Å². The monoisotopic (exact) mass is 406 g/mol. The van der Waals surface area contributed by atoms with E-state index in [0.29, 0.717) is 5.75 Å². The Labute approximate surface area is 161 Å². The Hall–Kier alpha value is -1.55. The average Bonchev–Trinajstić information content (AvgIpc) is 3.38. The number of aromatic nitrogens is 2. The molecule has 4 rings (SSSR count). The van der Waals surface area contributed by atoms with Gasteiger partial charge >= 0.3 is 0 Å². The predicted molar refractivity (Wildman–Crippen MR) is 105 cm³/mol. The zero-order chi connectivity index (χ0) is 17.2. The predicted octanol–water partition coefficient (Wildman–Crippen LogP) is 4.44. The lowest BCUT2D eigenvalue weighted by Crippen LogP contribution is -2.28. The van der Waals surface area contributed by atoms with Crippen LogP contribution in [0.3, 0.4) is 0 Å². The molecule has 3 aromatic heterocycles. The number of carbonyl (C=O) groups is 1. The Morgan fingerprint density at radius 1 is 1.28 bits per heavy atom. The first-order valence-corrected chi connectivity index (χ1v) is 11.2. The average molecular weight is 407 g/mol. The Balaban J connectivity index is 1.53. The number of thiophene rings is 2. The zero-order valence-electron chi connectivity index (χ0n) is 13.3. The van der Waals surface area contributed by atoms with Crippen LogP contribution < -0.4 is 0 Å². The number of amides is 1. The number of aryl methyl sites for hydroxylation is 1. The lowest BCUT2D eigenvalue weighted by Gasteiger charge is -2.20. The minimum atomic E-state index is -0.0126. The summed E-state index contributed by atoms with van der Waals surface area (Å²) >= 11 is 6.26. The van der Waals surface area contributed by atoms with Crippen molar-refractivity contribution >= 4 is 57.4 Å². The molecule has 0 spiro atoms. The van der Waals surface area contributed by atoms with Gasteiger partial charge in [-0.1, -0.05) is 35.2 Å². The van der Waals surface area contributed by atoms with Crippen LogP contribution in [-0.2, 0) is 4.79 Å². The summed E-state index contributed by atoms with van der Waals surface area (Å²) in [7, 11) is 0. The maximum Gasteiger partial charge on any atom is 0.253 e. The second kappa shape index (κ2) is 7.36. The van der Waals surface area contributed by atoms with Crippen molar-refractivity contribution in [2.45, 2.75) is 23.7 Å². The third-order valence-electron chi connectivity index (χ3n) is 3.67. The quantitative estimate of drug-likeness (QED) is 0.588. The van der Waals surface area contributed by atoms with E-state index in [-0.39, 0.29) is 11.9 Å². The van der Waals surface area contributed by atoms with E-state index in [1.807, 2.05) is 29.8 Å². The molecular formula is C16H14N4OS4. The van der Waals surface area contributed by atoms with Gasteiger partial charge in [-0.15, -0.1) is 32.9 Å². The number of nitrogens with zero attached hydrogens (tertiary/aromatic N) is 4. The molecule has 0 unspecified atom stereocenters. The van der Waals surface area contributed by atoms with E-state index in [1.165, 1.54) is 28.0 Å². The van der Waals surface area contributed by atoms with Crippen LogP contribution in [0.1, 0.15) is 27.2 Å². The Morgan fingerprint density at radius 2 is 2.12 bits per heavy atom. The van der Waals surface area contributed by atoms with Gasteiger partial charge in [0.25, 0.3) is 5.91 Å². The molecule has 9 heteroatoms. The van der Waals surface area contributed by atoms with Gasteiger partial charge < -0.3 is 0 Å². The van der Waals surface area contributed by atoms with Gasteiger partial charge in [-0.2, -0.15) is 5.10 Å². The zero-order valence-corrected chi connectivity index (χ0v) is 16.6. The number of rotatable bonds is 5. The van der Waals surface area contributed by atoms with Crippen molar-refractivity contribution < 1.29 is 4.79 Å². The Bertz CT molecular complexity index is 885. The summed E-state index contributed by atoms with van der Waals surface area (Å²) < 4.78 is 0.820. The molecule has 0 saturated heterocycles. The van der Waals surface area contributed by atoms with Crippen molar-refractivity contribution in [1.29, 1.82) is 0 Å². The molecule has 0 aromatic carbocycles. The first kappa shape index (κ1) is 16.9. The van der Waals surface area contributed by atoms with Crippen LogP contribution in [-0.4, -0.2) is 32.6 Å². The maximum absolute atomic E-state index is 12.8. The van der Waals surface area contributed by atoms with Crippen molar-refractivity contribution in [3.05, 3.63) is 49.8 Å². The standard InChI is InChI=1S/C16H14N4OS4/c1-10-17-18-16(25-10)24-9-15(21)20-12(14-5-3-7-23-14)8-11(19-20)13-4-2-6-22-13/h2-7,12H,8-9H2,1H3/t12-/m1/s1. The van der Waals surface area contributed by atoms with Crippen molar-refractivity contribution in [1.82, 2.24) is 15.2 Å². The first-order valence-electron chi connectivity index (χ1n) is 7.60. The van der Waals surface area contributed by atoms with E-state index in [4.69, 9.17) is 0 Å². The molecule has 1 aliphatic rings. The third kappa shape index (κ3) is 3.69. The molecule has 0 aliphatic carbocycles. The van der Waals surface area contributed by atoms with Crippen LogP contribution in [0.5, 0.6) is 0 Å². The number of hydrogen-bond donors (Lipinski definition) is 0. The lowest BCUT2D eigenvalue weighted by atomic mass is 10.1. The van der Waals surface area contributed by atoms with Crippen LogP contribution in [0.25, 0.3) is 0 Å². The molecule has 25 heavy (non-hydrogen) atoms. The van der Waals surface area contributed by atoms with Crippen LogP contribution in [0.4, 0.5) is 0 Å². The normalized spacial score (nSPS) is 17.1. The summed E-state index contributed by atoms with van der Waals surface area (Å²) in [5.74, 6) is 0.320. The van der Waals surface area contributed by atoms with Gasteiger partial charge in [-0.25, -0.2) is 5.01 Å². The van der Waals surface area contributed by atoms with E-state index in [1.54, 1.807) is 27.7 Å². The van der Waals surface area contributed by atoms with Crippen molar-refractivity contribution in [2.24, 2.45) is 5.10 Å². The number of hydrazone groups is 1. The molecule has 0 N–H and O–H groups in total. The summed E-state index contributed by atoms with van der Waals surface area (Å²) in [6.07, 6.45) is 0.759. The number of thioether (sulfide) groups is 1. The van der Waals surface area contributed by atoms with E-state index >= 15 is 0 Å². The second-order valence-corrected chi connectivity index (χ2v) is 9.70. The van der Waals surface area contributed by atoms with E-state index in [9.17, 15) is 4.79 Å². The molecule has 3 aromatic rings. The summed E-state index contributed by atoms with van der Waals surface area (Å²) in [6.45, 7) is 1.91. The van der Waals surface area contributed by atoms with Gasteiger partial charge in [0.05, 0.1) is 22.4 Å². The van der Waals surface area contributed by atoms with E-state index in [0.717, 1.165) is 26.4 Å². The SMILES string of the molecule is Cc1nnc(SCC(=O)N2N=C(c3cccs3)C[C@@H]2c2cccs2)s1. The van der Waals surface area contributed by atoms with Gasteiger partial charge in [0.15, 0.2) is 4.34 Å². The second-order valence-electron chi connectivity index (χ2n) is 5.37. The highest BCUT2D eigenvalue weighted by molar-refractivity contribution is 8.01. The van der Waals surface area contributed by atoms with Gasteiger partial charge in [0.1, 0.15) is 5.01 Å². The van der Waals surface area contributed by atoms with Crippen molar-refractivity contribution in [3.8, 4) is 0 Å². The van der Waals surface area contributed by atoms with E-state index in [2.05, 4.69) is 27.4 Å². The molecular weight excluding hydrogens is 392 g/mol. The van der Waals surface area contributed by atoms with Gasteiger partial charge in [0.2, 0.25) is 0 Å². The van der Waals surface area contributed by atoms with Crippen LogP contribution in [0.15, 0.2) is 44.5 Å². The summed E-state index contributed by atoms with van der Waals surface area (Å²) in [5.41, 5.74) is 0.985. The van der Waals surface area contributed by atoms with Gasteiger partial charge in [0, 0.05) is 11.3 Å². The maximum atomic E-state index is 12.8. The fourth-order valence-corrected chi connectivity index (χ4v) is 5.76. The molecule has 128 valence electrons. The lowest BCUT2D eigenvalue weighted by molar-refractivity contribution is -0.130. The molecule has 1 amide bonds. The number of carbonyl (C=O) groups excluding carboxylic acids is 1. The number of hydrogen-bond acceptors (Lipinski definition) is 8. The highest BCUT2D eigenvalue weighted by Gasteiger charge is 2.34. The fourth-order valence-electron chi connectivity index (χ4n) is 2.56. The minimum Gasteiger partial charge on any atom is -0.272 e. The summed E-state index contributed by atoms with van der Waals surface area (Å²) in [4.78, 5) is 15.1. The molecule has 0 radical (unpaired) electrons. The molecule has 5 nitrogen and oxygen atoms in total. The van der Waals surface area contributed by atoms with Gasteiger partial charge in [-0.3, -0.25) is 4.79 Å². The summed E-state index contributed by atoms with van der Waals surface area (Å²) in [5, 5.41) is 19.4. The van der Waals surface area contributed by atoms with Crippen LogP contribution in [0.2, 0.25) is 0 Å². The smallest absolute Gasteiger partial charge is 0.253 e. The molecule has 1 aliphatic heterocycles. The highest BCUT2D eigenvalue weighted by Crippen LogP contribution is 2.36. The van der Waals surface area contributed by atoms with Gasteiger partial charge in [-0.05, 0) is 29.8 Å². The summed E-state index contributed by atoms with van der Waals surface area (Å²) in [6, 6.07) is 8.15. The largest absolute Gasteiger partial charge is 0.272 e. The minimum absolute atomic E-state index is 0.00260. The molecule has 0 saturated carbocycles.